The number of aromatic nitrogens is 1. The van der Waals surface area contributed by atoms with Gasteiger partial charge in [-0.2, -0.15) is 13.2 Å². The van der Waals surface area contributed by atoms with Gasteiger partial charge in [-0.15, -0.1) is 0 Å². The van der Waals surface area contributed by atoms with Crippen LogP contribution in [0.5, 0.6) is 5.75 Å². The van der Waals surface area contributed by atoms with Crippen molar-refractivity contribution in [2.75, 3.05) is 11.8 Å². The van der Waals surface area contributed by atoms with E-state index in [0.29, 0.717) is 11.5 Å². The zero-order valence-corrected chi connectivity index (χ0v) is 24.6. The highest BCUT2D eigenvalue weighted by atomic mass is 32.2. The smallest absolute Gasteiger partial charge is 0.490 e. The van der Waals surface area contributed by atoms with Crippen molar-refractivity contribution < 1.29 is 35.9 Å². The fourth-order valence-electron chi connectivity index (χ4n) is 5.79. The van der Waals surface area contributed by atoms with Gasteiger partial charge < -0.3 is 9.47 Å². The van der Waals surface area contributed by atoms with Gasteiger partial charge in [-0.3, -0.25) is 14.7 Å². The molecule has 1 N–H and O–H groups in total. The first-order valence-electron chi connectivity index (χ1n) is 13.4. The van der Waals surface area contributed by atoms with Crippen molar-refractivity contribution in [1.82, 2.24) is 4.98 Å². The van der Waals surface area contributed by atoms with Gasteiger partial charge in [0.2, 0.25) is 0 Å². The minimum absolute atomic E-state index is 0.0386. The Morgan fingerprint density at radius 1 is 1.20 bits per heavy atom. The molecule has 2 atom stereocenters. The third kappa shape index (κ3) is 5.93. The van der Waals surface area contributed by atoms with Gasteiger partial charge >= 0.3 is 12.1 Å². The first-order chi connectivity index (χ1) is 19.3. The molecule has 1 aliphatic heterocycles. The van der Waals surface area contributed by atoms with Gasteiger partial charge in [-0.25, -0.2) is 13.2 Å². The monoisotopic (exact) mass is 611 g/mol. The number of sulfonamides is 1. The number of methoxy groups -OCH3 is 1. The van der Waals surface area contributed by atoms with Gasteiger partial charge in [-0.1, -0.05) is 49.9 Å². The maximum Gasteiger partial charge on any atom is 0.490 e. The van der Waals surface area contributed by atoms with Crippen LogP contribution in [0.3, 0.4) is 0 Å². The molecule has 5 rings (SSSR count). The number of pyridine rings is 1. The molecule has 3 aliphatic rings. The molecule has 1 aromatic heterocycles. The summed E-state index contributed by atoms with van der Waals surface area (Å²) in [5.74, 6) is -1.50. The third-order valence-electron chi connectivity index (χ3n) is 8.12. The number of aliphatic imine (C=N–C) groups is 1. The number of benzene rings is 1. The van der Waals surface area contributed by atoms with Crippen LogP contribution in [0.2, 0.25) is 0 Å². The van der Waals surface area contributed by atoms with Crippen LogP contribution >= 0.6 is 11.8 Å². The van der Waals surface area contributed by atoms with E-state index in [9.17, 15) is 26.4 Å². The number of hydrogen-bond acceptors (Lipinski definition) is 8. The van der Waals surface area contributed by atoms with Gasteiger partial charge in [0.1, 0.15) is 17.3 Å². The van der Waals surface area contributed by atoms with E-state index < -0.39 is 28.8 Å². The minimum Gasteiger partial charge on any atom is -0.495 e. The van der Waals surface area contributed by atoms with Gasteiger partial charge in [-0.05, 0) is 61.9 Å². The van der Waals surface area contributed by atoms with Crippen LogP contribution in [-0.2, 0) is 30.9 Å². The number of aryl methyl sites for hydroxylation is 1. The Morgan fingerprint density at radius 2 is 1.93 bits per heavy atom. The van der Waals surface area contributed by atoms with Crippen molar-refractivity contribution in [3.63, 3.8) is 0 Å². The van der Waals surface area contributed by atoms with Crippen LogP contribution in [-0.4, -0.2) is 43.2 Å². The number of carbonyl (C=O) groups is 1. The molecule has 0 radical (unpaired) electrons. The average molecular weight is 612 g/mol. The number of rotatable bonds is 9. The molecule has 2 aliphatic carbocycles. The molecule has 2 fully saturated rings. The van der Waals surface area contributed by atoms with Gasteiger partial charge in [0.25, 0.3) is 10.0 Å². The molecule has 2 saturated carbocycles. The first kappa shape index (κ1) is 29.7. The Balaban J connectivity index is 1.33. The Kier molecular flexibility index (Phi) is 7.82. The second kappa shape index (κ2) is 10.8. The highest BCUT2D eigenvalue weighted by Crippen LogP contribution is 2.71. The van der Waals surface area contributed by atoms with Crippen LogP contribution in [0.4, 0.5) is 18.9 Å². The van der Waals surface area contributed by atoms with E-state index >= 15 is 0 Å². The van der Waals surface area contributed by atoms with Crippen molar-refractivity contribution in [2.45, 2.75) is 86.8 Å². The van der Waals surface area contributed by atoms with E-state index in [4.69, 9.17) is 9.73 Å². The summed E-state index contributed by atoms with van der Waals surface area (Å²) in [5.41, 5.74) is 1.10. The van der Waals surface area contributed by atoms with Crippen molar-refractivity contribution in [3.05, 3.63) is 47.3 Å². The standard InChI is InChI=1S/C28H32F3N3O5S2/c1-17-11-20(14-32-21(17)15-39-25(35)28(29,30)31)34-41(36,37)23-13-19(9-10-22(23)38-3)27-16-26(27,2)33-24(40-27)12-18-7-5-4-6-8-18/h9-11,13-14,18,34H,4-8,12,15-16H2,1-3H3. The fraction of sp³-hybridized carbons (Fsp3) is 0.536. The van der Waals surface area contributed by atoms with Crippen LogP contribution in [0.15, 0.2) is 40.4 Å². The summed E-state index contributed by atoms with van der Waals surface area (Å²) in [4.78, 5) is 20.0. The van der Waals surface area contributed by atoms with E-state index in [1.165, 1.54) is 52.2 Å². The van der Waals surface area contributed by atoms with E-state index in [-0.39, 0.29) is 32.3 Å². The number of halogens is 3. The molecule has 8 nitrogen and oxygen atoms in total. The highest BCUT2D eigenvalue weighted by molar-refractivity contribution is 8.15. The summed E-state index contributed by atoms with van der Waals surface area (Å²) >= 11 is 1.76. The number of nitrogens with one attached hydrogen (secondary N) is 1. The molecular weight excluding hydrogens is 579 g/mol. The number of carbonyl (C=O) groups excluding carboxylic acids is 1. The Hall–Kier alpha value is -2.80. The molecule has 13 heteroatoms. The van der Waals surface area contributed by atoms with Gasteiger partial charge in [0.05, 0.1) is 40.0 Å². The molecule has 2 heterocycles. The Bertz CT molecular complexity index is 1490. The summed E-state index contributed by atoms with van der Waals surface area (Å²) in [6.07, 6.45) is 4.13. The van der Waals surface area contributed by atoms with E-state index in [2.05, 4.69) is 21.4 Å². The molecule has 222 valence electrons. The van der Waals surface area contributed by atoms with Crippen molar-refractivity contribution >= 4 is 38.5 Å². The second-order valence-electron chi connectivity index (χ2n) is 11.1. The molecule has 0 bridgehead atoms. The zero-order chi connectivity index (χ0) is 29.6. The number of fused-ring (bicyclic) bond motifs is 1. The lowest BCUT2D eigenvalue weighted by molar-refractivity contribution is -0.201. The van der Waals surface area contributed by atoms with Gasteiger partial charge in [0.15, 0.2) is 0 Å². The molecular formula is C28H32F3N3O5S2. The van der Waals surface area contributed by atoms with Crippen LogP contribution in [0.1, 0.15) is 68.7 Å². The maximum absolute atomic E-state index is 13.5. The molecule has 0 saturated heterocycles. The second-order valence-corrected chi connectivity index (χ2v) is 14.1. The van der Waals surface area contributed by atoms with Crippen LogP contribution < -0.4 is 9.46 Å². The lowest BCUT2D eigenvalue weighted by Gasteiger charge is -2.22. The minimum atomic E-state index is -5.12. The van der Waals surface area contributed by atoms with E-state index in [1.807, 2.05) is 6.07 Å². The first-order valence-corrected chi connectivity index (χ1v) is 15.7. The molecule has 2 unspecified atom stereocenters. The van der Waals surface area contributed by atoms with Gasteiger partial charge in [0, 0.05) is 0 Å². The number of alkyl halides is 3. The number of thioether (sulfide) groups is 1. The van der Waals surface area contributed by atoms with Crippen molar-refractivity contribution in [3.8, 4) is 5.75 Å². The number of hydrogen-bond donors (Lipinski definition) is 1. The molecule has 1 aromatic carbocycles. The fourth-order valence-corrected chi connectivity index (χ4v) is 8.85. The predicted molar refractivity (Wildman–Crippen MR) is 150 cm³/mol. The van der Waals surface area contributed by atoms with Crippen molar-refractivity contribution in [1.29, 1.82) is 0 Å². The topological polar surface area (TPSA) is 107 Å². The maximum atomic E-state index is 13.5. The average Bonchev–Trinajstić information content (AvgIpc) is 3.39. The highest BCUT2D eigenvalue weighted by Gasteiger charge is 2.70. The molecule has 0 spiro atoms. The van der Waals surface area contributed by atoms with E-state index in [0.717, 1.165) is 29.6 Å². The number of ether oxygens (including phenoxy) is 2. The number of anilines is 1. The third-order valence-corrected chi connectivity index (χ3v) is 11.2. The summed E-state index contributed by atoms with van der Waals surface area (Å²) in [6, 6.07) is 6.60. The summed E-state index contributed by atoms with van der Waals surface area (Å²) in [6.45, 7) is 2.95. The normalized spacial score (nSPS) is 24.4. The summed E-state index contributed by atoms with van der Waals surface area (Å²) < 4.78 is 76.2. The Morgan fingerprint density at radius 3 is 2.59 bits per heavy atom. The largest absolute Gasteiger partial charge is 0.495 e. The summed E-state index contributed by atoms with van der Waals surface area (Å²) in [7, 11) is -2.75. The van der Waals surface area contributed by atoms with Crippen LogP contribution in [0.25, 0.3) is 0 Å². The lowest BCUT2D eigenvalue weighted by atomic mass is 9.87. The zero-order valence-electron chi connectivity index (χ0n) is 23.0. The van der Waals surface area contributed by atoms with E-state index in [1.54, 1.807) is 23.9 Å². The summed E-state index contributed by atoms with van der Waals surface area (Å²) in [5, 5.41) is 1.14. The quantitative estimate of drug-likeness (QED) is 0.333. The number of esters is 1. The molecule has 41 heavy (non-hydrogen) atoms. The van der Waals surface area contributed by atoms with Crippen LogP contribution in [0, 0.1) is 12.8 Å². The number of nitrogens with zero attached hydrogens (tertiary/aromatic N) is 2. The van der Waals surface area contributed by atoms with Crippen molar-refractivity contribution in [2.24, 2.45) is 10.9 Å². The lowest BCUT2D eigenvalue weighted by Crippen LogP contribution is -2.25. The Labute approximate surface area is 241 Å². The molecule has 0 amide bonds. The molecule has 2 aromatic rings. The SMILES string of the molecule is COc1ccc(C23CC2(C)N=C(CC2CCCCC2)S3)cc1S(=O)(=O)Nc1cnc(COC(=O)C(F)(F)F)c(C)c1. The predicted octanol–water partition coefficient (Wildman–Crippen LogP) is 6.28.